The Labute approximate surface area is 146 Å². The second-order valence-corrected chi connectivity index (χ2v) is 5.46. The standard InChI is InChI=1S/C19H22O6/c1-23-18(19(21)22)13-14-3-7-16(8-4-14)24-11-2-12-25-17-9-5-15(20)6-10-17/h3-10,18,20H,2,11-13H2,1H3,(H,21,22)/t18-/m0/s1. The van der Waals surface area contributed by atoms with Gasteiger partial charge in [-0.1, -0.05) is 12.1 Å². The molecule has 6 heteroatoms. The molecule has 0 aliphatic carbocycles. The molecule has 0 spiro atoms. The topological polar surface area (TPSA) is 85.2 Å². The van der Waals surface area contributed by atoms with Crippen LogP contribution in [-0.2, 0) is 16.0 Å². The summed E-state index contributed by atoms with van der Waals surface area (Å²) in [7, 11) is 1.39. The van der Waals surface area contributed by atoms with Gasteiger partial charge in [-0.05, 0) is 42.0 Å². The van der Waals surface area contributed by atoms with Crippen LogP contribution < -0.4 is 9.47 Å². The molecule has 2 aromatic carbocycles. The summed E-state index contributed by atoms with van der Waals surface area (Å²) in [5.41, 5.74) is 0.872. The van der Waals surface area contributed by atoms with E-state index in [4.69, 9.17) is 19.3 Å². The molecule has 0 aliphatic heterocycles. The highest BCUT2D eigenvalue weighted by molar-refractivity contribution is 5.72. The maximum absolute atomic E-state index is 10.9. The fourth-order valence-electron chi connectivity index (χ4n) is 2.19. The number of carboxylic acid groups (broad SMARTS) is 1. The molecule has 134 valence electrons. The van der Waals surface area contributed by atoms with E-state index in [-0.39, 0.29) is 5.75 Å². The largest absolute Gasteiger partial charge is 0.508 e. The molecule has 0 saturated carbocycles. The molecule has 0 saturated heterocycles. The number of benzene rings is 2. The highest BCUT2D eigenvalue weighted by atomic mass is 16.5. The lowest BCUT2D eigenvalue weighted by Gasteiger charge is -2.11. The van der Waals surface area contributed by atoms with Crippen LogP contribution in [0.2, 0.25) is 0 Å². The van der Waals surface area contributed by atoms with E-state index in [0.29, 0.717) is 31.8 Å². The fourth-order valence-corrected chi connectivity index (χ4v) is 2.19. The Morgan fingerprint density at radius 2 is 1.48 bits per heavy atom. The Morgan fingerprint density at radius 3 is 1.96 bits per heavy atom. The van der Waals surface area contributed by atoms with E-state index >= 15 is 0 Å². The number of hydrogen-bond donors (Lipinski definition) is 2. The van der Waals surface area contributed by atoms with E-state index in [1.165, 1.54) is 7.11 Å². The third-order valence-electron chi connectivity index (χ3n) is 3.57. The molecular formula is C19H22O6. The lowest BCUT2D eigenvalue weighted by Crippen LogP contribution is -2.24. The van der Waals surface area contributed by atoms with Crippen LogP contribution in [0.5, 0.6) is 17.2 Å². The van der Waals surface area contributed by atoms with Gasteiger partial charge < -0.3 is 24.4 Å². The van der Waals surface area contributed by atoms with Crippen molar-refractivity contribution in [1.82, 2.24) is 0 Å². The molecule has 2 rings (SSSR count). The molecule has 2 aromatic rings. The molecule has 25 heavy (non-hydrogen) atoms. The molecule has 6 nitrogen and oxygen atoms in total. The Kier molecular flexibility index (Phi) is 7.10. The Bertz CT molecular complexity index is 651. The van der Waals surface area contributed by atoms with E-state index in [1.807, 2.05) is 24.3 Å². The third-order valence-corrected chi connectivity index (χ3v) is 3.57. The van der Waals surface area contributed by atoms with Crippen molar-refractivity contribution in [2.45, 2.75) is 18.9 Å². The van der Waals surface area contributed by atoms with Crippen LogP contribution >= 0.6 is 0 Å². The van der Waals surface area contributed by atoms with E-state index < -0.39 is 12.1 Å². The zero-order valence-corrected chi connectivity index (χ0v) is 14.1. The molecule has 0 fully saturated rings. The summed E-state index contributed by atoms with van der Waals surface area (Å²) in [6.45, 7) is 1.02. The first-order valence-electron chi connectivity index (χ1n) is 7.97. The normalized spacial score (nSPS) is 11.7. The summed E-state index contributed by atoms with van der Waals surface area (Å²) in [5.74, 6) is 0.654. The number of phenolic OH excluding ortho intramolecular Hbond substituents is 1. The first-order valence-corrected chi connectivity index (χ1v) is 7.97. The summed E-state index contributed by atoms with van der Waals surface area (Å²) >= 11 is 0. The first-order chi connectivity index (χ1) is 12.1. The molecule has 0 aromatic heterocycles. The lowest BCUT2D eigenvalue weighted by atomic mass is 10.1. The molecule has 0 heterocycles. The maximum Gasteiger partial charge on any atom is 0.333 e. The molecule has 0 unspecified atom stereocenters. The van der Waals surface area contributed by atoms with Gasteiger partial charge in [-0.25, -0.2) is 4.79 Å². The van der Waals surface area contributed by atoms with E-state index in [0.717, 1.165) is 11.3 Å². The summed E-state index contributed by atoms with van der Waals surface area (Å²) in [4.78, 5) is 10.9. The number of carboxylic acids is 1. The highest BCUT2D eigenvalue weighted by Gasteiger charge is 2.16. The Morgan fingerprint density at radius 1 is 0.960 bits per heavy atom. The van der Waals surface area contributed by atoms with Gasteiger partial charge in [0.1, 0.15) is 17.2 Å². The average Bonchev–Trinajstić information content (AvgIpc) is 2.62. The van der Waals surface area contributed by atoms with Crippen molar-refractivity contribution in [3.05, 3.63) is 54.1 Å². The molecule has 0 aliphatic rings. The van der Waals surface area contributed by atoms with Gasteiger partial charge in [0, 0.05) is 20.0 Å². The second-order valence-electron chi connectivity index (χ2n) is 5.46. The van der Waals surface area contributed by atoms with Crippen molar-refractivity contribution in [1.29, 1.82) is 0 Å². The number of phenols is 1. The van der Waals surface area contributed by atoms with Gasteiger partial charge >= 0.3 is 5.97 Å². The smallest absolute Gasteiger partial charge is 0.333 e. The number of methoxy groups -OCH3 is 1. The van der Waals surface area contributed by atoms with Gasteiger partial charge in [0.25, 0.3) is 0 Å². The first kappa shape index (κ1) is 18.6. The minimum Gasteiger partial charge on any atom is -0.508 e. The third kappa shape index (κ3) is 6.35. The molecular weight excluding hydrogens is 324 g/mol. The van der Waals surface area contributed by atoms with Crippen molar-refractivity contribution in [2.75, 3.05) is 20.3 Å². The number of rotatable bonds is 10. The van der Waals surface area contributed by atoms with Gasteiger partial charge in [0.05, 0.1) is 13.2 Å². The van der Waals surface area contributed by atoms with Crippen LogP contribution in [0.15, 0.2) is 48.5 Å². The minimum atomic E-state index is -0.976. The Hall–Kier alpha value is -2.73. The van der Waals surface area contributed by atoms with E-state index in [9.17, 15) is 9.90 Å². The van der Waals surface area contributed by atoms with E-state index in [1.54, 1.807) is 24.3 Å². The van der Waals surface area contributed by atoms with Crippen molar-refractivity contribution in [2.24, 2.45) is 0 Å². The predicted octanol–water partition coefficient (Wildman–Crippen LogP) is 2.88. The van der Waals surface area contributed by atoms with Crippen LogP contribution in [0.4, 0.5) is 0 Å². The lowest BCUT2D eigenvalue weighted by molar-refractivity contribution is -0.148. The molecule has 2 N–H and O–H groups in total. The number of aromatic hydroxyl groups is 1. The van der Waals surface area contributed by atoms with Crippen molar-refractivity contribution in [3.63, 3.8) is 0 Å². The number of aliphatic carboxylic acids is 1. The summed E-state index contributed by atoms with van der Waals surface area (Å²) in [6, 6.07) is 13.8. The Balaban J connectivity index is 1.69. The van der Waals surface area contributed by atoms with Crippen LogP contribution in [-0.4, -0.2) is 42.6 Å². The predicted molar refractivity (Wildman–Crippen MR) is 92.3 cm³/mol. The zero-order valence-electron chi connectivity index (χ0n) is 14.1. The molecule has 1 atom stereocenters. The molecule has 0 amide bonds. The average molecular weight is 346 g/mol. The minimum absolute atomic E-state index is 0.208. The van der Waals surface area contributed by atoms with Gasteiger partial charge in [0.15, 0.2) is 6.10 Å². The summed E-state index contributed by atoms with van der Waals surface area (Å²) in [5, 5.41) is 18.2. The van der Waals surface area contributed by atoms with Gasteiger partial charge in [-0.2, -0.15) is 0 Å². The van der Waals surface area contributed by atoms with Crippen molar-refractivity contribution in [3.8, 4) is 17.2 Å². The summed E-state index contributed by atoms with van der Waals surface area (Å²) in [6.07, 6.45) is 0.184. The monoisotopic (exact) mass is 346 g/mol. The maximum atomic E-state index is 10.9. The van der Waals surface area contributed by atoms with Gasteiger partial charge in [-0.3, -0.25) is 0 Å². The van der Waals surface area contributed by atoms with Gasteiger partial charge in [0.2, 0.25) is 0 Å². The van der Waals surface area contributed by atoms with Crippen LogP contribution in [0, 0.1) is 0 Å². The van der Waals surface area contributed by atoms with E-state index in [2.05, 4.69) is 0 Å². The number of ether oxygens (including phenoxy) is 3. The zero-order chi connectivity index (χ0) is 18.1. The van der Waals surface area contributed by atoms with Crippen LogP contribution in [0.25, 0.3) is 0 Å². The number of carbonyl (C=O) groups is 1. The van der Waals surface area contributed by atoms with Crippen LogP contribution in [0.1, 0.15) is 12.0 Å². The van der Waals surface area contributed by atoms with Crippen molar-refractivity contribution >= 4 is 5.97 Å². The fraction of sp³-hybridized carbons (Fsp3) is 0.316. The summed E-state index contributed by atoms with van der Waals surface area (Å²) < 4.78 is 16.1. The van der Waals surface area contributed by atoms with Crippen LogP contribution in [0.3, 0.4) is 0 Å². The molecule has 0 bridgehead atoms. The highest BCUT2D eigenvalue weighted by Crippen LogP contribution is 2.17. The quantitative estimate of drug-likeness (QED) is 0.644. The van der Waals surface area contributed by atoms with Gasteiger partial charge in [-0.15, -0.1) is 0 Å². The number of hydrogen-bond acceptors (Lipinski definition) is 5. The second kappa shape index (κ2) is 9.54. The SMILES string of the molecule is CO[C@@H](Cc1ccc(OCCCOc2ccc(O)cc2)cc1)C(=O)O. The molecule has 0 radical (unpaired) electrons. The van der Waals surface area contributed by atoms with Crippen molar-refractivity contribution < 1.29 is 29.2 Å².